The lowest BCUT2D eigenvalue weighted by molar-refractivity contribution is -0.146. The van der Waals surface area contributed by atoms with E-state index < -0.39 is 47.0 Å². The zero-order chi connectivity index (χ0) is 29.0. The predicted octanol–water partition coefficient (Wildman–Crippen LogP) is 4.37. The van der Waals surface area contributed by atoms with Crippen molar-refractivity contribution in [2.24, 2.45) is 11.3 Å². The summed E-state index contributed by atoms with van der Waals surface area (Å²) in [5.41, 5.74) is 0.720. The highest BCUT2D eigenvalue weighted by Crippen LogP contribution is 2.34. The molecule has 3 rings (SSSR count). The second kappa shape index (κ2) is 12.0. The molecule has 1 aromatic carbocycles. The molecule has 212 valence electrons. The number of aryl methyl sites for hydroxylation is 2. The highest BCUT2D eigenvalue weighted by atomic mass is 19.4. The van der Waals surface area contributed by atoms with Gasteiger partial charge in [0.1, 0.15) is 6.10 Å². The average molecular weight is 553 g/mol. The maximum Gasteiger partial charge on any atom is 0.416 e. The molecule has 0 spiro atoms. The van der Waals surface area contributed by atoms with Crippen molar-refractivity contribution >= 4 is 11.8 Å². The molecule has 13 heteroatoms. The first-order chi connectivity index (χ1) is 18.2. The highest BCUT2D eigenvalue weighted by molar-refractivity contribution is 5.88. The minimum atomic E-state index is -4.51. The number of aliphatic hydroxyl groups excluding tert-OH is 1. The van der Waals surface area contributed by atoms with Crippen molar-refractivity contribution in [3.63, 3.8) is 0 Å². The van der Waals surface area contributed by atoms with E-state index in [0.717, 1.165) is 12.1 Å². The molecule has 2 amide bonds. The number of halogens is 3. The molecule has 0 aliphatic carbocycles. The third-order valence-corrected chi connectivity index (χ3v) is 6.13. The van der Waals surface area contributed by atoms with Gasteiger partial charge in [0.2, 0.25) is 5.91 Å². The van der Waals surface area contributed by atoms with Gasteiger partial charge in [-0.15, -0.1) is 0 Å². The zero-order valence-electron chi connectivity index (χ0n) is 21.9. The van der Waals surface area contributed by atoms with Crippen LogP contribution in [0.4, 0.5) is 13.2 Å². The van der Waals surface area contributed by atoms with Gasteiger partial charge in [0.15, 0.2) is 11.6 Å². The molecule has 0 aliphatic heterocycles. The van der Waals surface area contributed by atoms with E-state index in [2.05, 4.69) is 15.5 Å². The third kappa shape index (κ3) is 7.67. The number of nitrogens with zero attached hydrogens (tertiary/aromatic N) is 2. The number of alkyl halides is 3. The second-order valence-corrected chi connectivity index (χ2v) is 10.4. The maximum atomic E-state index is 13.4. The number of amides is 2. The maximum absolute atomic E-state index is 13.4. The smallest absolute Gasteiger partial charge is 0.416 e. The molecule has 3 aromatic rings. The number of hydrogen-bond donors (Lipinski definition) is 4. The third-order valence-electron chi connectivity index (χ3n) is 6.13. The number of hydroxylamine groups is 1. The summed E-state index contributed by atoms with van der Waals surface area (Å²) in [5.74, 6) is -2.74. The van der Waals surface area contributed by atoms with Crippen molar-refractivity contribution in [1.82, 2.24) is 20.9 Å². The van der Waals surface area contributed by atoms with E-state index in [1.165, 1.54) is 11.7 Å². The van der Waals surface area contributed by atoms with Crippen LogP contribution in [0.3, 0.4) is 0 Å². The van der Waals surface area contributed by atoms with Crippen molar-refractivity contribution in [2.75, 3.05) is 0 Å². The first kappa shape index (κ1) is 29.8. The number of furan rings is 1. The minimum absolute atomic E-state index is 0.0730. The summed E-state index contributed by atoms with van der Waals surface area (Å²) in [6, 6.07) is 6.10. The predicted molar refractivity (Wildman–Crippen MR) is 131 cm³/mol. The SMILES string of the molecule is Cc1cc(CCC[C@@H](C(=O)N[C@H](c2noc(-c3ccco3)n2)C(C)(C)C)[C@H](O)C(=O)NO)cc(C(F)(F)F)c1. The summed E-state index contributed by atoms with van der Waals surface area (Å²) < 4.78 is 50.1. The van der Waals surface area contributed by atoms with Crippen LogP contribution in [-0.2, 0) is 22.2 Å². The van der Waals surface area contributed by atoms with Crippen molar-refractivity contribution in [3.8, 4) is 11.7 Å². The Kier molecular flexibility index (Phi) is 9.18. The van der Waals surface area contributed by atoms with Crippen molar-refractivity contribution < 1.29 is 42.0 Å². The number of carbonyl (C=O) groups is 2. The molecular formula is C26H31F3N4O6. The van der Waals surface area contributed by atoms with Gasteiger partial charge in [0.25, 0.3) is 11.8 Å². The Morgan fingerprint density at radius 2 is 1.85 bits per heavy atom. The van der Waals surface area contributed by atoms with E-state index in [-0.39, 0.29) is 31.0 Å². The van der Waals surface area contributed by atoms with Gasteiger partial charge in [-0.25, -0.2) is 5.48 Å². The van der Waals surface area contributed by atoms with E-state index >= 15 is 0 Å². The van der Waals surface area contributed by atoms with Crippen molar-refractivity contribution in [2.45, 2.75) is 65.3 Å². The van der Waals surface area contributed by atoms with Gasteiger partial charge < -0.3 is 19.4 Å². The number of benzene rings is 1. The van der Waals surface area contributed by atoms with Gasteiger partial charge in [0, 0.05) is 0 Å². The van der Waals surface area contributed by atoms with Crippen LogP contribution < -0.4 is 10.8 Å². The normalized spacial score (nSPS) is 14.5. The quantitative estimate of drug-likeness (QED) is 0.214. The van der Waals surface area contributed by atoms with Gasteiger partial charge >= 0.3 is 6.18 Å². The molecule has 0 aliphatic rings. The van der Waals surface area contributed by atoms with Gasteiger partial charge in [0.05, 0.1) is 23.8 Å². The summed E-state index contributed by atoms with van der Waals surface area (Å²) in [7, 11) is 0. The van der Waals surface area contributed by atoms with E-state index in [1.807, 2.05) is 20.8 Å². The van der Waals surface area contributed by atoms with Crippen molar-refractivity contribution in [1.29, 1.82) is 0 Å². The van der Waals surface area contributed by atoms with Crippen molar-refractivity contribution in [3.05, 3.63) is 59.1 Å². The average Bonchev–Trinajstić information content (AvgIpc) is 3.55. The van der Waals surface area contributed by atoms with Gasteiger partial charge in [-0.05, 0) is 61.4 Å². The Morgan fingerprint density at radius 3 is 2.44 bits per heavy atom. The standard InChI is InChI=1S/C26H31F3N4O6/c1-14-11-15(13-16(12-14)26(27,28)29)7-5-8-17(19(34)23(36)32-37)22(35)30-20(25(2,3)4)21-31-24(39-33-21)18-9-6-10-38-18/h6,9-13,17,19-20,34,37H,5,7-8H2,1-4H3,(H,30,35)(H,32,36)/t17-,19+,20-/m1/s1. The molecule has 0 bridgehead atoms. The fraction of sp³-hybridized carbons (Fsp3) is 0.462. The highest BCUT2D eigenvalue weighted by Gasteiger charge is 2.38. The lowest BCUT2D eigenvalue weighted by Crippen LogP contribution is -2.48. The zero-order valence-corrected chi connectivity index (χ0v) is 21.9. The fourth-order valence-electron chi connectivity index (χ4n) is 4.15. The molecule has 0 saturated heterocycles. The Balaban J connectivity index is 1.79. The van der Waals surface area contributed by atoms with Crippen LogP contribution in [0.15, 0.2) is 45.5 Å². The molecule has 3 atom stereocenters. The number of nitrogens with one attached hydrogen (secondary N) is 2. The summed E-state index contributed by atoms with van der Waals surface area (Å²) >= 11 is 0. The van der Waals surface area contributed by atoms with E-state index in [1.54, 1.807) is 25.1 Å². The summed E-state index contributed by atoms with van der Waals surface area (Å²) in [5, 5.41) is 26.2. The van der Waals surface area contributed by atoms with E-state index in [0.29, 0.717) is 16.9 Å². The first-order valence-corrected chi connectivity index (χ1v) is 12.2. The monoisotopic (exact) mass is 552 g/mol. The fourth-order valence-corrected chi connectivity index (χ4v) is 4.15. The van der Waals surface area contributed by atoms with Gasteiger partial charge in [-0.2, -0.15) is 18.2 Å². The van der Waals surface area contributed by atoms with Crippen LogP contribution in [-0.4, -0.2) is 38.4 Å². The number of rotatable bonds is 10. The summed E-state index contributed by atoms with van der Waals surface area (Å²) in [6.07, 6.45) is -4.76. The van der Waals surface area contributed by atoms with Crippen LogP contribution in [0, 0.1) is 18.3 Å². The Hall–Kier alpha value is -3.71. The largest absolute Gasteiger partial charge is 0.459 e. The van der Waals surface area contributed by atoms with Crippen LogP contribution >= 0.6 is 0 Å². The molecule has 0 fully saturated rings. The molecule has 2 heterocycles. The van der Waals surface area contributed by atoms with Crippen LogP contribution in [0.25, 0.3) is 11.7 Å². The topological polar surface area (TPSA) is 151 Å². The molecule has 0 unspecified atom stereocenters. The van der Waals surface area contributed by atoms with Crippen LogP contribution in [0.2, 0.25) is 0 Å². The number of carbonyl (C=O) groups excluding carboxylic acids is 2. The number of aliphatic hydroxyl groups is 1. The van der Waals surface area contributed by atoms with E-state index in [4.69, 9.17) is 14.1 Å². The molecule has 10 nitrogen and oxygen atoms in total. The number of hydrogen-bond acceptors (Lipinski definition) is 8. The van der Waals surface area contributed by atoms with Crippen LogP contribution in [0.1, 0.15) is 62.2 Å². The molecule has 0 radical (unpaired) electrons. The van der Waals surface area contributed by atoms with Gasteiger partial charge in [-0.3, -0.25) is 14.8 Å². The Labute approximate surface area is 222 Å². The molecule has 0 saturated carbocycles. The first-order valence-electron chi connectivity index (χ1n) is 12.2. The van der Waals surface area contributed by atoms with Crippen LogP contribution in [0.5, 0.6) is 0 Å². The second-order valence-electron chi connectivity index (χ2n) is 10.4. The minimum Gasteiger partial charge on any atom is -0.459 e. The molecule has 4 N–H and O–H groups in total. The summed E-state index contributed by atoms with van der Waals surface area (Å²) in [6.45, 7) is 6.97. The molecular weight excluding hydrogens is 521 g/mol. The Morgan fingerprint density at radius 1 is 1.13 bits per heavy atom. The number of aromatic nitrogens is 2. The molecule has 2 aromatic heterocycles. The Bertz CT molecular complexity index is 1270. The summed E-state index contributed by atoms with van der Waals surface area (Å²) in [4.78, 5) is 29.7. The lowest BCUT2D eigenvalue weighted by atomic mass is 9.85. The molecule has 39 heavy (non-hydrogen) atoms. The van der Waals surface area contributed by atoms with E-state index in [9.17, 15) is 27.9 Å². The lowest BCUT2D eigenvalue weighted by Gasteiger charge is -2.31. The van der Waals surface area contributed by atoms with Gasteiger partial charge in [-0.1, -0.05) is 37.6 Å².